The second kappa shape index (κ2) is 6.67. The van der Waals surface area contributed by atoms with Crippen LogP contribution in [0.15, 0.2) is 11.4 Å². The Bertz CT molecular complexity index is 302. The summed E-state index contributed by atoms with van der Waals surface area (Å²) in [6.07, 6.45) is 6.99. The summed E-state index contributed by atoms with van der Waals surface area (Å²) < 4.78 is 0. The van der Waals surface area contributed by atoms with Gasteiger partial charge in [0.25, 0.3) is 0 Å². The molecule has 1 heterocycles. The van der Waals surface area contributed by atoms with Crippen molar-refractivity contribution in [2.75, 3.05) is 18.1 Å². The van der Waals surface area contributed by atoms with Crippen LogP contribution in [0.5, 0.6) is 0 Å². The molecular formula is C11H19N3S. The van der Waals surface area contributed by atoms with E-state index in [9.17, 15) is 0 Å². The third-order valence-electron chi connectivity index (χ3n) is 2.14. The van der Waals surface area contributed by atoms with Crippen LogP contribution in [-0.2, 0) is 6.42 Å². The molecule has 84 valence electrons. The van der Waals surface area contributed by atoms with E-state index >= 15 is 0 Å². The molecule has 0 saturated heterocycles. The van der Waals surface area contributed by atoms with Gasteiger partial charge in [-0.25, -0.2) is 9.97 Å². The zero-order valence-electron chi connectivity index (χ0n) is 9.71. The van der Waals surface area contributed by atoms with E-state index in [1.807, 2.05) is 0 Å². The first-order valence-corrected chi connectivity index (χ1v) is 6.67. The molecule has 0 aromatic carbocycles. The van der Waals surface area contributed by atoms with E-state index in [-0.39, 0.29) is 0 Å². The Morgan fingerprint density at radius 1 is 1.27 bits per heavy atom. The number of hydrogen-bond donors (Lipinski definition) is 1. The van der Waals surface area contributed by atoms with E-state index in [1.165, 1.54) is 5.56 Å². The minimum absolute atomic E-state index is 0.974. The second-order valence-electron chi connectivity index (χ2n) is 3.39. The molecule has 0 fully saturated rings. The molecule has 0 bridgehead atoms. The van der Waals surface area contributed by atoms with Gasteiger partial charge in [-0.1, -0.05) is 20.3 Å². The fourth-order valence-corrected chi connectivity index (χ4v) is 2.04. The molecule has 0 aliphatic heterocycles. The van der Waals surface area contributed by atoms with E-state index < -0.39 is 0 Å². The van der Waals surface area contributed by atoms with Crippen molar-refractivity contribution in [1.82, 2.24) is 9.97 Å². The van der Waals surface area contributed by atoms with Crippen molar-refractivity contribution in [1.29, 1.82) is 0 Å². The summed E-state index contributed by atoms with van der Waals surface area (Å²) >= 11 is 1.69. The van der Waals surface area contributed by atoms with Gasteiger partial charge in [-0.3, -0.25) is 0 Å². The van der Waals surface area contributed by atoms with Crippen LogP contribution in [0, 0.1) is 0 Å². The van der Waals surface area contributed by atoms with Crippen molar-refractivity contribution < 1.29 is 0 Å². The molecule has 3 nitrogen and oxygen atoms in total. The van der Waals surface area contributed by atoms with Crippen LogP contribution in [0.4, 0.5) is 5.82 Å². The largest absolute Gasteiger partial charge is 0.370 e. The summed E-state index contributed by atoms with van der Waals surface area (Å²) in [7, 11) is 0. The van der Waals surface area contributed by atoms with Gasteiger partial charge < -0.3 is 5.32 Å². The Hall–Kier alpha value is -0.770. The molecule has 15 heavy (non-hydrogen) atoms. The average molecular weight is 225 g/mol. The van der Waals surface area contributed by atoms with Crippen molar-refractivity contribution in [3.05, 3.63) is 11.9 Å². The first-order valence-electron chi connectivity index (χ1n) is 5.45. The average Bonchev–Trinajstić information content (AvgIpc) is 2.28. The first-order chi connectivity index (χ1) is 7.33. The normalized spacial score (nSPS) is 10.3. The van der Waals surface area contributed by atoms with Crippen molar-refractivity contribution >= 4 is 17.6 Å². The Morgan fingerprint density at radius 2 is 2.07 bits per heavy atom. The highest BCUT2D eigenvalue weighted by Gasteiger charge is 2.08. The maximum Gasteiger partial charge on any atom is 0.133 e. The van der Waals surface area contributed by atoms with Crippen molar-refractivity contribution in [3.8, 4) is 0 Å². The van der Waals surface area contributed by atoms with Crippen molar-refractivity contribution in [2.24, 2.45) is 0 Å². The van der Waals surface area contributed by atoms with Gasteiger partial charge in [-0.15, -0.1) is 11.8 Å². The fourth-order valence-electron chi connectivity index (χ4n) is 1.44. The van der Waals surface area contributed by atoms with E-state index in [2.05, 4.69) is 35.4 Å². The first kappa shape index (κ1) is 12.3. The van der Waals surface area contributed by atoms with Crippen molar-refractivity contribution in [2.45, 2.75) is 38.1 Å². The van der Waals surface area contributed by atoms with Crippen LogP contribution < -0.4 is 5.32 Å². The molecule has 0 saturated carbocycles. The molecule has 0 radical (unpaired) electrons. The zero-order chi connectivity index (χ0) is 11.1. The lowest BCUT2D eigenvalue weighted by Crippen LogP contribution is -2.07. The van der Waals surface area contributed by atoms with E-state index in [1.54, 1.807) is 18.1 Å². The number of aromatic nitrogens is 2. The summed E-state index contributed by atoms with van der Waals surface area (Å²) in [4.78, 5) is 8.60. The minimum atomic E-state index is 0.974. The van der Waals surface area contributed by atoms with Gasteiger partial charge in [0.1, 0.15) is 17.2 Å². The van der Waals surface area contributed by atoms with E-state index in [4.69, 9.17) is 0 Å². The van der Waals surface area contributed by atoms with Crippen LogP contribution in [0.2, 0.25) is 0 Å². The number of rotatable bonds is 6. The lowest BCUT2D eigenvalue weighted by Gasteiger charge is -2.11. The Balaban J connectivity index is 2.90. The molecule has 1 aromatic rings. The van der Waals surface area contributed by atoms with Crippen LogP contribution >= 0.6 is 11.8 Å². The number of nitrogens with one attached hydrogen (secondary N) is 1. The third-order valence-corrected chi connectivity index (χ3v) is 2.88. The smallest absolute Gasteiger partial charge is 0.133 e. The monoisotopic (exact) mass is 225 g/mol. The molecule has 1 N–H and O–H groups in total. The van der Waals surface area contributed by atoms with E-state index in [0.29, 0.717) is 0 Å². The molecule has 4 heteroatoms. The molecule has 1 rings (SSSR count). The summed E-state index contributed by atoms with van der Waals surface area (Å²) in [5.74, 6) is 1.01. The Morgan fingerprint density at radius 3 is 2.67 bits per heavy atom. The van der Waals surface area contributed by atoms with Crippen LogP contribution in [-0.4, -0.2) is 22.8 Å². The molecule has 0 amide bonds. The van der Waals surface area contributed by atoms with Gasteiger partial charge in [0, 0.05) is 12.1 Å². The molecule has 0 aliphatic carbocycles. The van der Waals surface area contributed by atoms with Crippen molar-refractivity contribution in [3.63, 3.8) is 0 Å². The van der Waals surface area contributed by atoms with Gasteiger partial charge in [0.2, 0.25) is 0 Å². The fraction of sp³-hybridized carbons (Fsp3) is 0.636. The van der Waals surface area contributed by atoms with Crippen LogP contribution in [0.1, 0.15) is 32.3 Å². The second-order valence-corrected chi connectivity index (χ2v) is 4.18. The van der Waals surface area contributed by atoms with Gasteiger partial charge in [-0.2, -0.15) is 0 Å². The Labute approximate surface area is 96.1 Å². The molecule has 0 spiro atoms. The topological polar surface area (TPSA) is 37.8 Å². The van der Waals surface area contributed by atoms with Gasteiger partial charge in [0.05, 0.1) is 0 Å². The highest BCUT2D eigenvalue weighted by Crippen LogP contribution is 2.24. The standard InChI is InChI=1S/C11H19N3S/c1-4-6-9-10(12-7-5-2)13-8-14-11(9)15-3/h8H,4-7H2,1-3H3,(H,12,13,14). The van der Waals surface area contributed by atoms with Gasteiger partial charge in [0.15, 0.2) is 0 Å². The summed E-state index contributed by atoms with van der Waals surface area (Å²) in [6, 6.07) is 0. The predicted molar refractivity (Wildman–Crippen MR) is 66.6 cm³/mol. The summed E-state index contributed by atoms with van der Waals surface area (Å²) in [5.41, 5.74) is 1.26. The quantitative estimate of drug-likeness (QED) is 0.596. The highest BCUT2D eigenvalue weighted by atomic mass is 32.2. The van der Waals surface area contributed by atoms with Crippen LogP contribution in [0.25, 0.3) is 0 Å². The zero-order valence-corrected chi connectivity index (χ0v) is 10.5. The lowest BCUT2D eigenvalue weighted by molar-refractivity contribution is 0.849. The SMILES string of the molecule is CCCNc1ncnc(SC)c1CCC. The number of nitrogens with zero attached hydrogens (tertiary/aromatic N) is 2. The minimum Gasteiger partial charge on any atom is -0.370 e. The number of thioether (sulfide) groups is 1. The number of anilines is 1. The molecular weight excluding hydrogens is 206 g/mol. The molecule has 0 aliphatic rings. The summed E-state index contributed by atoms with van der Waals surface area (Å²) in [5, 5.41) is 4.46. The molecule has 0 unspecified atom stereocenters. The maximum absolute atomic E-state index is 4.31. The third kappa shape index (κ3) is 3.38. The van der Waals surface area contributed by atoms with Gasteiger partial charge >= 0.3 is 0 Å². The maximum atomic E-state index is 4.31. The molecule has 0 atom stereocenters. The lowest BCUT2D eigenvalue weighted by atomic mass is 10.2. The van der Waals surface area contributed by atoms with Crippen LogP contribution in [0.3, 0.4) is 0 Å². The van der Waals surface area contributed by atoms with Gasteiger partial charge in [-0.05, 0) is 19.1 Å². The van der Waals surface area contributed by atoms with E-state index in [0.717, 1.165) is 36.7 Å². The molecule has 1 aromatic heterocycles. The number of hydrogen-bond acceptors (Lipinski definition) is 4. The summed E-state index contributed by atoms with van der Waals surface area (Å²) in [6.45, 7) is 5.31. The predicted octanol–water partition coefficient (Wildman–Crippen LogP) is 2.97. The highest BCUT2D eigenvalue weighted by molar-refractivity contribution is 7.98. The Kier molecular flexibility index (Phi) is 5.47.